The lowest BCUT2D eigenvalue weighted by molar-refractivity contribution is -0.142. The van der Waals surface area contributed by atoms with E-state index in [9.17, 15) is 14.4 Å². The molecule has 1 aromatic heterocycles. The number of thiazole rings is 1. The largest absolute Gasteiger partial charge is 0.426 e. The number of aryl methyl sites for hydroxylation is 1. The number of rotatable bonds is 2. The van der Waals surface area contributed by atoms with Crippen molar-refractivity contribution in [1.82, 2.24) is 4.98 Å². The normalized spacial score (nSPS) is 22.1. The van der Waals surface area contributed by atoms with Crippen LogP contribution in [0, 0.1) is 12.8 Å². The minimum atomic E-state index is -0.724. The molecule has 6 nitrogen and oxygen atoms in total. The number of thioether (sulfide) groups is 1. The smallest absolute Gasteiger partial charge is 0.317 e. The number of esters is 1. The average Bonchev–Trinajstić information content (AvgIpc) is 3.09. The Balaban J connectivity index is 1.60. The van der Waals surface area contributed by atoms with Crippen LogP contribution in [0.2, 0.25) is 0 Å². The van der Waals surface area contributed by atoms with Crippen LogP contribution < -0.4 is 14.9 Å². The van der Waals surface area contributed by atoms with Gasteiger partial charge in [-0.25, -0.2) is 0 Å². The molecule has 8 heteroatoms. The first kappa shape index (κ1) is 18.2. The van der Waals surface area contributed by atoms with Crippen molar-refractivity contribution in [3.63, 3.8) is 0 Å². The Morgan fingerprint density at radius 2 is 1.86 bits per heavy atom. The fraction of sp³-hybridized carbons (Fsp3) is 0.190. The number of aromatic amines is 1. The van der Waals surface area contributed by atoms with E-state index in [0.29, 0.717) is 16.5 Å². The molecule has 0 fully saturated rings. The molecule has 0 unspecified atom stereocenters. The molecule has 1 amide bonds. The summed E-state index contributed by atoms with van der Waals surface area (Å²) >= 11 is 2.31. The van der Waals surface area contributed by atoms with E-state index in [0.717, 1.165) is 27.3 Å². The molecule has 3 atom stereocenters. The highest BCUT2D eigenvalue weighted by Crippen LogP contribution is 2.53. The number of fused-ring (bicyclic) bond motifs is 5. The Morgan fingerprint density at radius 3 is 2.69 bits per heavy atom. The van der Waals surface area contributed by atoms with Gasteiger partial charge in [0.1, 0.15) is 11.0 Å². The summed E-state index contributed by atoms with van der Waals surface area (Å²) in [6.07, 6.45) is 0. The van der Waals surface area contributed by atoms with E-state index in [-0.39, 0.29) is 16.7 Å². The number of carbonyl (C=O) groups excluding carboxylic acids is 2. The number of nitrogens with one attached hydrogen (secondary N) is 2. The molecule has 146 valence electrons. The van der Waals surface area contributed by atoms with Gasteiger partial charge in [-0.15, -0.1) is 0 Å². The van der Waals surface area contributed by atoms with Crippen molar-refractivity contribution in [3.8, 4) is 5.75 Å². The molecule has 0 radical (unpaired) electrons. The van der Waals surface area contributed by atoms with Gasteiger partial charge in [-0.05, 0) is 24.6 Å². The van der Waals surface area contributed by atoms with Gasteiger partial charge in [0.25, 0.3) is 0 Å². The SMILES string of the molecule is Cc1ccccc1NC(=O)[C@@H]1Sc2[nH]c(=O)sc2[C@@H]2c3ccccc3OC(=O)[C@H]21. The molecule has 2 N–H and O–H groups in total. The van der Waals surface area contributed by atoms with E-state index in [1.807, 2.05) is 43.3 Å². The molecular weight excluding hydrogens is 408 g/mol. The van der Waals surface area contributed by atoms with Crippen LogP contribution in [0.1, 0.15) is 21.9 Å². The number of H-pyrrole nitrogens is 1. The summed E-state index contributed by atoms with van der Waals surface area (Å²) in [5.74, 6) is -1.35. The Morgan fingerprint density at radius 1 is 1.10 bits per heavy atom. The molecule has 3 aromatic rings. The highest BCUT2D eigenvalue weighted by molar-refractivity contribution is 8.00. The molecule has 2 aromatic carbocycles. The van der Waals surface area contributed by atoms with E-state index in [1.165, 1.54) is 11.8 Å². The summed E-state index contributed by atoms with van der Waals surface area (Å²) in [6, 6.07) is 14.8. The zero-order valence-corrected chi connectivity index (χ0v) is 16.9. The first-order chi connectivity index (χ1) is 14.0. The second-order valence-corrected chi connectivity index (χ2v) is 9.18. The molecule has 0 saturated heterocycles. The van der Waals surface area contributed by atoms with Crippen molar-refractivity contribution in [2.45, 2.75) is 23.1 Å². The molecule has 2 aliphatic heterocycles. The van der Waals surface area contributed by atoms with Gasteiger partial charge in [-0.1, -0.05) is 59.5 Å². The predicted octanol–water partition coefficient (Wildman–Crippen LogP) is 3.52. The summed E-state index contributed by atoms with van der Waals surface area (Å²) in [6.45, 7) is 1.91. The van der Waals surface area contributed by atoms with Crippen LogP contribution in [0.4, 0.5) is 5.69 Å². The minimum absolute atomic E-state index is 0.197. The third-order valence-electron chi connectivity index (χ3n) is 5.25. The van der Waals surface area contributed by atoms with Gasteiger partial charge >= 0.3 is 10.8 Å². The third-order valence-corrected chi connectivity index (χ3v) is 7.67. The number of hydrogen-bond acceptors (Lipinski definition) is 6. The molecule has 0 saturated carbocycles. The number of benzene rings is 2. The first-order valence-electron chi connectivity index (χ1n) is 9.09. The van der Waals surface area contributed by atoms with Crippen LogP contribution in [0.15, 0.2) is 58.4 Å². The van der Waals surface area contributed by atoms with Gasteiger partial charge in [0.15, 0.2) is 0 Å². The highest BCUT2D eigenvalue weighted by Gasteiger charge is 2.51. The number of hydrogen-bond donors (Lipinski definition) is 2. The maximum atomic E-state index is 13.2. The van der Waals surface area contributed by atoms with Gasteiger partial charge in [0, 0.05) is 22.0 Å². The van der Waals surface area contributed by atoms with Gasteiger partial charge < -0.3 is 15.0 Å². The molecule has 3 heterocycles. The molecule has 0 spiro atoms. The van der Waals surface area contributed by atoms with Crippen molar-refractivity contribution >= 4 is 40.7 Å². The summed E-state index contributed by atoms with van der Waals surface area (Å²) in [7, 11) is 0. The maximum absolute atomic E-state index is 13.2. The van der Waals surface area contributed by atoms with E-state index >= 15 is 0 Å². The topological polar surface area (TPSA) is 88.3 Å². The maximum Gasteiger partial charge on any atom is 0.317 e. The highest BCUT2D eigenvalue weighted by atomic mass is 32.2. The molecule has 5 rings (SSSR count). The summed E-state index contributed by atoms with van der Waals surface area (Å²) < 4.78 is 5.56. The van der Waals surface area contributed by atoms with Crippen molar-refractivity contribution < 1.29 is 14.3 Å². The van der Waals surface area contributed by atoms with Crippen LogP contribution in [-0.4, -0.2) is 22.1 Å². The quantitative estimate of drug-likeness (QED) is 0.485. The summed E-state index contributed by atoms with van der Waals surface area (Å²) in [5, 5.41) is 2.86. The molecule has 0 bridgehead atoms. The Bertz CT molecular complexity index is 1200. The van der Waals surface area contributed by atoms with Crippen molar-refractivity contribution in [3.05, 3.63) is 74.2 Å². The molecule has 0 aliphatic carbocycles. The van der Waals surface area contributed by atoms with Crippen LogP contribution >= 0.6 is 23.1 Å². The Kier molecular flexibility index (Phi) is 4.33. The number of amides is 1. The van der Waals surface area contributed by atoms with Crippen molar-refractivity contribution in [2.75, 3.05) is 5.32 Å². The molecule has 2 aliphatic rings. The second-order valence-electron chi connectivity index (χ2n) is 7.01. The third kappa shape index (κ3) is 2.99. The van der Waals surface area contributed by atoms with E-state index in [4.69, 9.17) is 4.74 Å². The number of carbonyl (C=O) groups is 2. The lowest BCUT2D eigenvalue weighted by atomic mass is 9.80. The number of ether oxygens (including phenoxy) is 1. The monoisotopic (exact) mass is 424 g/mol. The minimum Gasteiger partial charge on any atom is -0.426 e. The lowest BCUT2D eigenvalue weighted by Crippen LogP contribution is -2.46. The zero-order chi connectivity index (χ0) is 20.1. The van der Waals surface area contributed by atoms with Gasteiger partial charge in [0.05, 0.1) is 10.9 Å². The van der Waals surface area contributed by atoms with Crippen LogP contribution in [0.5, 0.6) is 5.75 Å². The summed E-state index contributed by atoms with van der Waals surface area (Å²) in [4.78, 5) is 41.7. The van der Waals surface area contributed by atoms with Crippen LogP contribution in [0.3, 0.4) is 0 Å². The molecule has 29 heavy (non-hydrogen) atoms. The van der Waals surface area contributed by atoms with Gasteiger partial charge in [-0.3, -0.25) is 14.4 Å². The Hall–Kier alpha value is -2.84. The number of anilines is 1. The summed E-state index contributed by atoms with van der Waals surface area (Å²) in [5.41, 5.74) is 2.45. The fourth-order valence-electron chi connectivity index (χ4n) is 3.89. The van der Waals surface area contributed by atoms with Gasteiger partial charge in [0.2, 0.25) is 5.91 Å². The van der Waals surface area contributed by atoms with Crippen LogP contribution in [0.25, 0.3) is 0 Å². The predicted molar refractivity (Wildman–Crippen MR) is 112 cm³/mol. The van der Waals surface area contributed by atoms with Crippen molar-refractivity contribution in [2.24, 2.45) is 5.92 Å². The second kappa shape index (κ2) is 6.89. The van der Waals surface area contributed by atoms with E-state index in [2.05, 4.69) is 10.3 Å². The Labute approximate surface area is 174 Å². The van der Waals surface area contributed by atoms with Gasteiger partial charge in [-0.2, -0.15) is 0 Å². The standard InChI is InChI=1S/C21H16N2O4S2/c1-10-6-2-4-8-12(10)22-18(24)16-15-14(17-19(28-16)23-21(26)29-17)11-7-3-5-9-13(11)27-20(15)25/h2-9,14-16H,1H3,(H,22,24)(H,23,26)/t14-,15-,16-/m1/s1. The molecular formula is C21H16N2O4S2. The first-order valence-corrected chi connectivity index (χ1v) is 10.8. The fourth-order valence-corrected chi connectivity index (χ4v) is 6.35. The number of aromatic nitrogens is 1. The number of para-hydroxylation sites is 2. The van der Waals surface area contributed by atoms with Crippen molar-refractivity contribution in [1.29, 1.82) is 0 Å². The van der Waals surface area contributed by atoms with Crippen LogP contribution in [-0.2, 0) is 9.59 Å². The average molecular weight is 425 g/mol. The van der Waals surface area contributed by atoms with E-state index < -0.39 is 17.1 Å². The van der Waals surface area contributed by atoms with E-state index in [1.54, 1.807) is 12.1 Å². The zero-order valence-electron chi connectivity index (χ0n) is 15.3. The lowest BCUT2D eigenvalue weighted by Gasteiger charge is -2.38.